The van der Waals surface area contributed by atoms with Gasteiger partial charge in [0.1, 0.15) is 5.82 Å². The lowest BCUT2D eigenvalue weighted by molar-refractivity contribution is 0.771. The Morgan fingerprint density at radius 3 is 2.63 bits per heavy atom. The van der Waals surface area contributed by atoms with Crippen LogP contribution in [-0.2, 0) is 7.05 Å². The fourth-order valence-electron chi connectivity index (χ4n) is 1.52. The SMILES string of the molecule is CCCNc1nc(Nc2ccn(C)n2)c(Cl)cc1Cl. The highest BCUT2D eigenvalue weighted by molar-refractivity contribution is 6.37. The first-order valence-electron chi connectivity index (χ1n) is 5.96. The molecule has 0 aliphatic heterocycles. The highest BCUT2D eigenvalue weighted by Gasteiger charge is 2.10. The molecule has 0 unspecified atom stereocenters. The van der Waals surface area contributed by atoms with Crippen LogP contribution in [0.15, 0.2) is 18.3 Å². The number of aryl methyl sites for hydroxylation is 1. The molecule has 0 radical (unpaired) electrons. The molecule has 2 aromatic heterocycles. The van der Waals surface area contributed by atoms with E-state index in [9.17, 15) is 0 Å². The van der Waals surface area contributed by atoms with Gasteiger partial charge in [-0.1, -0.05) is 30.1 Å². The molecule has 0 aliphatic carbocycles. The molecule has 102 valence electrons. The van der Waals surface area contributed by atoms with Gasteiger partial charge in [0.05, 0.1) is 10.0 Å². The van der Waals surface area contributed by atoms with Crippen LogP contribution in [0.4, 0.5) is 17.5 Å². The van der Waals surface area contributed by atoms with Crippen molar-refractivity contribution in [1.29, 1.82) is 0 Å². The number of anilines is 3. The van der Waals surface area contributed by atoms with Crippen LogP contribution in [-0.4, -0.2) is 21.3 Å². The predicted octanol–water partition coefficient (Wildman–Crippen LogP) is 3.69. The fraction of sp³-hybridized carbons (Fsp3) is 0.333. The molecule has 2 aromatic rings. The van der Waals surface area contributed by atoms with E-state index in [1.807, 2.05) is 19.3 Å². The first kappa shape index (κ1) is 14.0. The fourth-order valence-corrected chi connectivity index (χ4v) is 2.00. The van der Waals surface area contributed by atoms with Crippen LogP contribution in [0.2, 0.25) is 10.0 Å². The van der Waals surface area contributed by atoms with Gasteiger partial charge in [0.2, 0.25) is 0 Å². The van der Waals surface area contributed by atoms with Crippen LogP contribution in [0, 0.1) is 0 Å². The largest absolute Gasteiger partial charge is 0.369 e. The second-order valence-electron chi connectivity index (χ2n) is 4.08. The molecule has 0 aliphatic rings. The Balaban J connectivity index is 2.24. The Morgan fingerprint density at radius 1 is 1.26 bits per heavy atom. The monoisotopic (exact) mass is 299 g/mol. The number of pyridine rings is 1. The highest BCUT2D eigenvalue weighted by atomic mass is 35.5. The summed E-state index contributed by atoms with van der Waals surface area (Å²) in [5.74, 6) is 1.83. The lowest BCUT2D eigenvalue weighted by atomic mass is 10.4. The zero-order valence-electron chi connectivity index (χ0n) is 10.7. The number of rotatable bonds is 5. The van der Waals surface area contributed by atoms with Crippen LogP contribution >= 0.6 is 23.2 Å². The van der Waals surface area contributed by atoms with Crippen molar-refractivity contribution in [3.63, 3.8) is 0 Å². The molecule has 19 heavy (non-hydrogen) atoms. The summed E-state index contributed by atoms with van der Waals surface area (Å²) in [4.78, 5) is 4.38. The third-order valence-electron chi connectivity index (χ3n) is 2.43. The maximum Gasteiger partial charge on any atom is 0.153 e. The minimum Gasteiger partial charge on any atom is -0.369 e. The molecule has 2 heterocycles. The van der Waals surface area contributed by atoms with Crippen molar-refractivity contribution in [3.8, 4) is 0 Å². The highest BCUT2D eigenvalue weighted by Crippen LogP contribution is 2.30. The lowest BCUT2D eigenvalue weighted by Gasteiger charge is -2.10. The summed E-state index contributed by atoms with van der Waals surface area (Å²) in [6.45, 7) is 2.88. The molecular weight excluding hydrogens is 285 g/mol. The third-order valence-corrected chi connectivity index (χ3v) is 3.01. The van der Waals surface area contributed by atoms with Crippen molar-refractivity contribution in [2.75, 3.05) is 17.2 Å². The van der Waals surface area contributed by atoms with Crippen molar-refractivity contribution in [2.45, 2.75) is 13.3 Å². The summed E-state index contributed by atoms with van der Waals surface area (Å²) in [6, 6.07) is 3.51. The van der Waals surface area contributed by atoms with Crippen LogP contribution < -0.4 is 10.6 Å². The van der Waals surface area contributed by atoms with Crippen molar-refractivity contribution < 1.29 is 0 Å². The molecule has 0 bridgehead atoms. The summed E-state index contributed by atoms with van der Waals surface area (Å²) in [6.07, 6.45) is 2.83. The lowest BCUT2D eigenvalue weighted by Crippen LogP contribution is -2.05. The van der Waals surface area contributed by atoms with E-state index in [-0.39, 0.29) is 0 Å². The topological polar surface area (TPSA) is 54.8 Å². The molecule has 0 aromatic carbocycles. The zero-order valence-corrected chi connectivity index (χ0v) is 12.3. The summed E-state index contributed by atoms with van der Waals surface area (Å²) in [5.41, 5.74) is 0. The Morgan fingerprint density at radius 2 is 2.00 bits per heavy atom. The van der Waals surface area contributed by atoms with Gasteiger partial charge in [0.25, 0.3) is 0 Å². The number of nitrogens with one attached hydrogen (secondary N) is 2. The molecule has 0 spiro atoms. The second kappa shape index (κ2) is 6.12. The smallest absolute Gasteiger partial charge is 0.153 e. The zero-order chi connectivity index (χ0) is 13.8. The van der Waals surface area contributed by atoms with Gasteiger partial charge in [0.15, 0.2) is 11.6 Å². The van der Waals surface area contributed by atoms with E-state index in [4.69, 9.17) is 23.2 Å². The average molecular weight is 300 g/mol. The molecule has 7 heteroatoms. The van der Waals surface area contributed by atoms with E-state index in [1.165, 1.54) is 0 Å². The normalized spacial score (nSPS) is 10.5. The number of hydrogen-bond donors (Lipinski definition) is 2. The first-order chi connectivity index (χ1) is 9.10. The van der Waals surface area contributed by atoms with E-state index in [1.54, 1.807) is 10.7 Å². The molecule has 0 saturated carbocycles. The predicted molar refractivity (Wildman–Crippen MR) is 79.5 cm³/mol. The van der Waals surface area contributed by atoms with Crippen molar-refractivity contribution >= 4 is 40.7 Å². The van der Waals surface area contributed by atoms with E-state index in [2.05, 4.69) is 27.6 Å². The molecule has 0 fully saturated rings. The number of halogens is 2. The van der Waals surface area contributed by atoms with Gasteiger partial charge < -0.3 is 10.6 Å². The van der Waals surface area contributed by atoms with E-state index >= 15 is 0 Å². The number of nitrogens with zero attached hydrogens (tertiary/aromatic N) is 3. The standard InChI is InChI=1S/C12H15Cl2N5/c1-3-5-15-11-8(13)7-9(14)12(17-11)16-10-4-6-19(2)18-10/h4,6-7H,3,5H2,1-2H3,(H2,15,16,17,18). The first-order valence-corrected chi connectivity index (χ1v) is 6.72. The number of aromatic nitrogens is 3. The van der Waals surface area contributed by atoms with Crippen LogP contribution in [0.3, 0.4) is 0 Å². The van der Waals surface area contributed by atoms with Gasteiger partial charge in [-0.15, -0.1) is 0 Å². The third kappa shape index (κ3) is 3.52. The Kier molecular flexibility index (Phi) is 4.50. The van der Waals surface area contributed by atoms with Gasteiger partial charge in [-0.2, -0.15) is 5.10 Å². The van der Waals surface area contributed by atoms with E-state index in [0.29, 0.717) is 27.5 Å². The van der Waals surface area contributed by atoms with Crippen LogP contribution in [0.25, 0.3) is 0 Å². The van der Waals surface area contributed by atoms with Gasteiger partial charge in [-0.25, -0.2) is 4.98 Å². The Bertz CT molecular complexity index is 567. The summed E-state index contributed by atoms with van der Waals surface area (Å²) in [5, 5.41) is 11.4. The van der Waals surface area contributed by atoms with Crippen LogP contribution in [0.5, 0.6) is 0 Å². The van der Waals surface area contributed by atoms with Crippen molar-refractivity contribution in [3.05, 3.63) is 28.4 Å². The van der Waals surface area contributed by atoms with Crippen LogP contribution in [0.1, 0.15) is 13.3 Å². The number of hydrogen-bond acceptors (Lipinski definition) is 4. The van der Waals surface area contributed by atoms with Gasteiger partial charge in [0, 0.05) is 25.9 Å². The van der Waals surface area contributed by atoms with E-state index < -0.39 is 0 Å². The van der Waals surface area contributed by atoms with Crippen molar-refractivity contribution in [2.24, 2.45) is 7.05 Å². The molecular formula is C12H15Cl2N5. The molecule has 0 atom stereocenters. The van der Waals surface area contributed by atoms with Gasteiger partial charge in [-0.3, -0.25) is 4.68 Å². The van der Waals surface area contributed by atoms with Crippen molar-refractivity contribution in [1.82, 2.24) is 14.8 Å². The summed E-state index contributed by atoms with van der Waals surface area (Å²) in [7, 11) is 1.84. The van der Waals surface area contributed by atoms with Gasteiger partial charge in [-0.05, 0) is 12.5 Å². The molecule has 5 nitrogen and oxygen atoms in total. The maximum atomic E-state index is 6.12. The Labute approximate surface area is 121 Å². The quantitative estimate of drug-likeness (QED) is 0.884. The summed E-state index contributed by atoms with van der Waals surface area (Å²) < 4.78 is 1.70. The minimum atomic E-state index is 0.456. The maximum absolute atomic E-state index is 6.12. The van der Waals surface area contributed by atoms with Gasteiger partial charge >= 0.3 is 0 Å². The second-order valence-corrected chi connectivity index (χ2v) is 4.89. The molecule has 2 N–H and O–H groups in total. The molecule has 0 amide bonds. The molecule has 0 saturated heterocycles. The minimum absolute atomic E-state index is 0.456. The summed E-state index contributed by atoms with van der Waals surface area (Å²) >= 11 is 12.2. The average Bonchev–Trinajstić information content (AvgIpc) is 2.77. The molecule has 2 rings (SSSR count). The Hall–Kier alpha value is -1.46. The van der Waals surface area contributed by atoms with E-state index in [0.717, 1.165) is 13.0 Å².